The van der Waals surface area contributed by atoms with Gasteiger partial charge in [0.15, 0.2) is 5.69 Å². The summed E-state index contributed by atoms with van der Waals surface area (Å²) < 4.78 is 15.2. The van der Waals surface area contributed by atoms with Crippen molar-refractivity contribution in [2.45, 2.75) is 13.0 Å². The van der Waals surface area contributed by atoms with Crippen LogP contribution in [0.1, 0.15) is 21.6 Å². The molecule has 2 heterocycles. The summed E-state index contributed by atoms with van der Waals surface area (Å²) >= 11 is 0. The Morgan fingerprint density at radius 1 is 1.08 bits per heavy atom. The van der Waals surface area contributed by atoms with Crippen LogP contribution in [0.15, 0.2) is 24.3 Å². The number of carbonyl (C=O) groups excluding carboxylic acids is 1. The van der Waals surface area contributed by atoms with E-state index in [2.05, 4.69) is 16.0 Å². The standard InChI is InChI=1S/C17H19N3O4/c1-22-13-5-4-12-10-20(7-6-11(12)8-13)17-18-14(16(21)24-3)9-15(19-17)23-2/h4-5,8-9H,6-7,10H2,1-3H3. The molecule has 2 aromatic rings. The predicted octanol–water partition coefficient (Wildman–Crippen LogP) is 1.84. The number of aromatic nitrogens is 2. The Labute approximate surface area is 140 Å². The van der Waals surface area contributed by atoms with Crippen LogP contribution < -0.4 is 14.4 Å². The Bertz CT molecular complexity index is 763. The molecular weight excluding hydrogens is 310 g/mol. The molecule has 0 bridgehead atoms. The smallest absolute Gasteiger partial charge is 0.357 e. The second-order valence-corrected chi connectivity index (χ2v) is 5.39. The van der Waals surface area contributed by atoms with Crippen molar-refractivity contribution in [2.75, 3.05) is 32.8 Å². The lowest BCUT2D eigenvalue weighted by Crippen LogP contribution is -2.32. The molecule has 0 saturated carbocycles. The molecule has 1 aliphatic rings. The highest BCUT2D eigenvalue weighted by Crippen LogP contribution is 2.26. The van der Waals surface area contributed by atoms with Gasteiger partial charge in [-0.15, -0.1) is 0 Å². The van der Waals surface area contributed by atoms with Crippen molar-refractivity contribution in [3.05, 3.63) is 41.1 Å². The fourth-order valence-electron chi connectivity index (χ4n) is 2.69. The summed E-state index contributed by atoms with van der Waals surface area (Å²) in [4.78, 5) is 22.5. The number of carbonyl (C=O) groups is 1. The van der Waals surface area contributed by atoms with Gasteiger partial charge in [-0.1, -0.05) is 6.07 Å². The van der Waals surface area contributed by atoms with Gasteiger partial charge in [-0.05, 0) is 29.7 Å². The fourth-order valence-corrected chi connectivity index (χ4v) is 2.69. The first-order valence-corrected chi connectivity index (χ1v) is 7.56. The van der Waals surface area contributed by atoms with E-state index in [1.807, 2.05) is 17.0 Å². The van der Waals surface area contributed by atoms with E-state index in [0.29, 0.717) is 18.4 Å². The maximum atomic E-state index is 11.8. The first-order valence-electron chi connectivity index (χ1n) is 7.56. The maximum Gasteiger partial charge on any atom is 0.357 e. The van der Waals surface area contributed by atoms with Crippen molar-refractivity contribution in [3.8, 4) is 11.6 Å². The number of fused-ring (bicyclic) bond motifs is 1. The van der Waals surface area contributed by atoms with Gasteiger partial charge in [0.2, 0.25) is 11.8 Å². The van der Waals surface area contributed by atoms with E-state index in [1.54, 1.807) is 7.11 Å². The zero-order valence-electron chi connectivity index (χ0n) is 13.9. The molecule has 7 nitrogen and oxygen atoms in total. The average molecular weight is 329 g/mol. The molecule has 24 heavy (non-hydrogen) atoms. The predicted molar refractivity (Wildman–Crippen MR) is 87.7 cm³/mol. The number of methoxy groups -OCH3 is 3. The van der Waals surface area contributed by atoms with Crippen molar-refractivity contribution in [2.24, 2.45) is 0 Å². The van der Waals surface area contributed by atoms with Crippen molar-refractivity contribution in [3.63, 3.8) is 0 Å². The Morgan fingerprint density at radius 3 is 2.62 bits per heavy atom. The zero-order chi connectivity index (χ0) is 17.1. The van der Waals surface area contributed by atoms with E-state index in [4.69, 9.17) is 14.2 Å². The summed E-state index contributed by atoms with van der Waals surface area (Å²) in [6, 6.07) is 7.51. The van der Waals surface area contributed by atoms with Gasteiger partial charge in [0.1, 0.15) is 5.75 Å². The van der Waals surface area contributed by atoms with Gasteiger partial charge < -0.3 is 19.1 Å². The number of benzene rings is 1. The van der Waals surface area contributed by atoms with E-state index < -0.39 is 5.97 Å². The second kappa shape index (κ2) is 6.74. The van der Waals surface area contributed by atoms with Crippen molar-refractivity contribution in [1.82, 2.24) is 9.97 Å². The maximum absolute atomic E-state index is 11.8. The van der Waals surface area contributed by atoms with Gasteiger partial charge in [-0.25, -0.2) is 9.78 Å². The SMILES string of the molecule is COC(=O)c1cc(OC)nc(N2CCc3cc(OC)ccc3C2)n1. The molecule has 0 N–H and O–H groups in total. The lowest BCUT2D eigenvalue weighted by Gasteiger charge is -2.29. The highest BCUT2D eigenvalue weighted by atomic mass is 16.5. The third-order valence-electron chi connectivity index (χ3n) is 4.00. The molecule has 1 aromatic carbocycles. The molecule has 0 amide bonds. The highest BCUT2D eigenvalue weighted by Gasteiger charge is 2.21. The lowest BCUT2D eigenvalue weighted by atomic mass is 10.00. The van der Waals surface area contributed by atoms with E-state index in [0.717, 1.165) is 18.7 Å². The summed E-state index contributed by atoms with van der Waals surface area (Å²) in [7, 11) is 4.49. The normalized spacial score (nSPS) is 13.2. The van der Waals surface area contributed by atoms with Gasteiger partial charge in [0.05, 0.1) is 21.3 Å². The van der Waals surface area contributed by atoms with Crippen LogP contribution in [-0.2, 0) is 17.7 Å². The van der Waals surface area contributed by atoms with Gasteiger partial charge in [-0.2, -0.15) is 4.98 Å². The Morgan fingerprint density at radius 2 is 1.92 bits per heavy atom. The Kier molecular flexibility index (Phi) is 4.50. The number of esters is 1. The molecule has 1 aliphatic heterocycles. The molecule has 0 fully saturated rings. The number of hydrogen-bond acceptors (Lipinski definition) is 7. The largest absolute Gasteiger partial charge is 0.497 e. The van der Waals surface area contributed by atoms with Crippen LogP contribution in [0, 0.1) is 0 Å². The number of hydrogen-bond donors (Lipinski definition) is 0. The molecule has 3 rings (SSSR count). The molecule has 0 atom stereocenters. The lowest BCUT2D eigenvalue weighted by molar-refractivity contribution is 0.0593. The minimum atomic E-state index is -0.515. The molecule has 126 valence electrons. The molecule has 0 aliphatic carbocycles. The van der Waals surface area contributed by atoms with E-state index >= 15 is 0 Å². The number of ether oxygens (including phenoxy) is 3. The molecular formula is C17H19N3O4. The van der Waals surface area contributed by atoms with Crippen molar-refractivity contribution < 1.29 is 19.0 Å². The number of rotatable bonds is 4. The average Bonchev–Trinajstić information content (AvgIpc) is 2.65. The summed E-state index contributed by atoms with van der Waals surface area (Å²) in [5, 5.41) is 0. The monoisotopic (exact) mass is 329 g/mol. The van der Waals surface area contributed by atoms with Gasteiger partial charge in [0, 0.05) is 19.2 Å². The minimum Gasteiger partial charge on any atom is -0.497 e. The number of nitrogens with zero attached hydrogens (tertiary/aromatic N) is 3. The molecule has 0 unspecified atom stereocenters. The van der Waals surface area contributed by atoms with Gasteiger partial charge in [0.25, 0.3) is 0 Å². The number of anilines is 1. The highest BCUT2D eigenvalue weighted by molar-refractivity contribution is 5.87. The van der Waals surface area contributed by atoms with E-state index in [9.17, 15) is 4.79 Å². The van der Waals surface area contributed by atoms with E-state index in [1.165, 1.54) is 31.4 Å². The first-order chi connectivity index (χ1) is 11.6. The van der Waals surface area contributed by atoms with Crippen LogP contribution in [0.4, 0.5) is 5.95 Å². The first kappa shape index (κ1) is 16.0. The second-order valence-electron chi connectivity index (χ2n) is 5.39. The van der Waals surface area contributed by atoms with Crippen LogP contribution in [0.25, 0.3) is 0 Å². The molecule has 0 saturated heterocycles. The van der Waals surface area contributed by atoms with Crippen LogP contribution in [-0.4, -0.2) is 43.8 Å². The molecule has 0 radical (unpaired) electrons. The third kappa shape index (κ3) is 3.10. The molecule has 1 aromatic heterocycles. The van der Waals surface area contributed by atoms with Crippen LogP contribution in [0.2, 0.25) is 0 Å². The Hall–Kier alpha value is -2.83. The fraction of sp³-hybridized carbons (Fsp3) is 0.353. The van der Waals surface area contributed by atoms with Crippen LogP contribution >= 0.6 is 0 Å². The summed E-state index contributed by atoms with van der Waals surface area (Å²) in [5.74, 6) is 1.13. The third-order valence-corrected chi connectivity index (χ3v) is 4.00. The van der Waals surface area contributed by atoms with Crippen molar-refractivity contribution >= 4 is 11.9 Å². The van der Waals surface area contributed by atoms with Crippen molar-refractivity contribution in [1.29, 1.82) is 0 Å². The minimum absolute atomic E-state index is 0.180. The zero-order valence-corrected chi connectivity index (χ0v) is 13.9. The Balaban J connectivity index is 1.90. The van der Waals surface area contributed by atoms with E-state index in [-0.39, 0.29) is 5.69 Å². The summed E-state index contributed by atoms with van der Waals surface area (Å²) in [5.41, 5.74) is 2.62. The topological polar surface area (TPSA) is 73.8 Å². The van der Waals surface area contributed by atoms with Crippen LogP contribution in [0.5, 0.6) is 11.6 Å². The quantitative estimate of drug-likeness (QED) is 0.792. The summed E-state index contributed by atoms with van der Waals surface area (Å²) in [6.07, 6.45) is 0.848. The molecule has 0 spiro atoms. The van der Waals surface area contributed by atoms with Gasteiger partial charge >= 0.3 is 5.97 Å². The van der Waals surface area contributed by atoms with Gasteiger partial charge in [-0.3, -0.25) is 0 Å². The summed E-state index contributed by atoms with van der Waals surface area (Å²) in [6.45, 7) is 1.40. The van der Waals surface area contributed by atoms with Crippen LogP contribution in [0.3, 0.4) is 0 Å². The molecule has 7 heteroatoms.